The summed E-state index contributed by atoms with van der Waals surface area (Å²) < 4.78 is 1.40. The fourth-order valence-electron chi connectivity index (χ4n) is 1.58. The van der Waals surface area contributed by atoms with Crippen LogP contribution in [0.3, 0.4) is 0 Å². The van der Waals surface area contributed by atoms with Crippen molar-refractivity contribution in [3.05, 3.63) is 23.3 Å². The van der Waals surface area contributed by atoms with E-state index in [4.69, 9.17) is 0 Å². The molecule has 0 saturated carbocycles. The second kappa shape index (κ2) is 3.70. The second-order valence-electron chi connectivity index (χ2n) is 4.42. The first-order chi connectivity index (χ1) is 7.50. The molecule has 0 radical (unpaired) electrons. The first kappa shape index (κ1) is 10.8. The zero-order valence-electron chi connectivity index (χ0n) is 9.98. The van der Waals surface area contributed by atoms with Gasteiger partial charge >= 0.3 is 0 Å². The van der Waals surface area contributed by atoms with Crippen molar-refractivity contribution in [1.82, 2.24) is 15.0 Å². The summed E-state index contributed by atoms with van der Waals surface area (Å²) >= 11 is 0. The minimum absolute atomic E-state index is 0.0225. The molecule has 0 atom stereocenters. The lowest BCUT2D eigenvalue weighted by molar-refractivity contribution is 0.0842. The van der Waals surface area contributed by atoms with E-state index in [0.29, 0.717) is 0 Å². The van der Waals surface area contributed by atoms with Crippen molar-refractivity contribution in [1.29, 1.82) is 0 Å². The lowest BCUT2D eigenvalue weighted by atomic mass is 10.1. The van der Waals surface area contributed by atoms with Crippen molar-refractivity contribution in [3.63, 3.8) is 0 Å². The molecule has 0 aliphatic rings. The maximum absolute atomic E-state index is 11.9. The molecule has 0 aliphatic carbocycles. The summed E-state index contributed by atoms with van der Waals surface area (Å²) in [7, 11) is 0. The van der Waals surface area contributed by atoms with Crippen molar-refractivity contribution >= 4 is 16.9 Å². The number of nitrogens with zero attached hydrogens (tertiary/aromatic N) is 3. The highest BCUT2D eigenvalue weighted by atomic mass is 16.2. The Kier molecular flexibility index (Phi) is 2.50. The monoisotopic (exact) mass is 217 g/mol. The number of rotatable bonds is 1. The van der Waals surface area contributed by atoms with Crippen molar-refractivity contribution in [2.75, 3.05) is 0 Å². The summed E-state index contributed by atoms with van der Waals surface area (Å²) in [4.78, 5) is 11.9. The summed E-state index contributed by atoms with van der Waals surface area (Å²) in [5, 5.41) is 7.93. The molecule has 16 heavy (non-hydrogen) atoms. The quantitative estimate of drug-likeness (QED) is 0.736. The van der Waals surface area contributed by atoms with Gasteiger partial charge in [0.1, 0.15) is 5.52 Å². The Morgan fingerprint density at radius 1 is 1.25 bits per heavy atom. The number of hydrogen-bond donors (Lipinski definition) is 0. The molecule has 0 spiro atoms. The lowest BCUT2D eigenvalue weighted by Crippen LogP contribution is -2.18. The summed E-state index contributed by atoms with van der Waals surface area (Å²) in [5.74, 6) is -0.0998. The summed E-state index contributed by atoms with van der Waals surface area (Å²) in [6, 6.07) is 3.92. The molecule has 4 heteroatoms. The molecule has 0 fully saturated rings. The van der Waals surface area contributed by atoms with Crippen LogP contribution in [0.4, 0.5) is 0 Å². The second-order valence-corrected chi connectivity index (χ2v) is 4.42. The van der Waals surface area contributed by atoms with Gasteiger partial charge in [-0.15, -0.1) is 5.10 Å². The van der Waals surface area contributed by atoms with Crippen LogP contribution in [0.1, 0.15) is 29.8 Å². The molecule has 4 nitrogen and oxygen atoms in total. The molecule has 0 amide bonds. The largest absolute Gasteiger partial charge is 0.272 e. The minimum Gasteiger partial charge on any atom is -0.272 e. The van der Waals surface area contributed by atoms with Crippen LogP contribution < -0.4 is 0 Å². The molecular formula is C12H15N3O. The zero-order chi connectivity index (χ0) is 11.9. The summed E-state index contributed by atoms with van der Waals surface area (Å²) in [5.41, 5.74) is 3.88. The topological polar surface area (TPSA) is 47.8 Å². The third-order valence-corrected chi connectivity index (χ3v) is 2.76. The molecule has 1 aromatic carbocycles. The summed E-state index contributed by atoms with van der Waals surface area (Å²) in [6.07, 6.45) is 0. The van der Waals surface area contributed by atoms with E-state index in [-0.39, 0.29) is 11.8 Å². The number of hydrogen-bond acceptors (Lipinski definition) is 3. The van der Waals surface area contributed by atoms with Gasteiger partial charge in [-0.2, -0.15) is 4.68 Å². The average molecular weight is 217 g/mol. The van der Waals surface area contributed by atoms with Crippen LogP contribution in [0.25, 0.3) is 11.0 Å². The zero-order valence-corrected chi connectivity index (χ0v) is 9.98. The van der Waals surface area contributed by atoms with E-state index in [9.17, 15) is 4.79 Å². The third-order valence-electron chi connectivity index (χ3n) is 2.76. The van der Waals surface area contributed by atoms with E-state index in [0.717, 1.165) is 22.2 Å². The maximum atomic E-state index is 11.9. The van der Waals surface area contributed by atoms with Crippen molar-refractivity contribution in [2.24, 2.45) is 5.92 Å². The SMILES string of the molecule is Cc1cc2nnn(C(=O)C(C)C)c2cc1C. The molecule has 0 N–H and O–H groups in total. The van der Waals surface area contributed by atoms with Gasteiger partial charge in [-0.25, -0.2) is 0 Å². The average Bonchev–Trinajstić information content (AvgIpc) is 2.60. The molecule has 84 valence electrons. The molecule has 1 aromatic heterocycles. The Bertz CT molecular complexity index is 555. The van der Waals surface area contributed by atoms with Gasteiger partial charge < -0.3 is 0 Å². The number of benzene rings is 1. The van der Waals surface area contributed by atoms with Gasteiger partial charge in [0.25, 0.3) is 5.91 Å². The predicted molar refractivity (Wildman–Crippen MR) is 62.5 cm³/mol. The minimum atomic E-state index is -0.0773. The number of fused-ring (bicyclic) bond motifs is 1. The van der Waals surface area contributed by atoms with Gasteiger partial charge in [-0.1, -0.05) is 19.1 Å². The van der Waals surface area contributed by atoms with Crippen LogP contribution in [-0.2, 0) is 0 Å². The Hall–Kier alpha value is -1.71. The fourth-order valence-corrected chi connectivity index (χ4v) is 1.58. The molecule has 0 aliphatic heterocycles. The van der Waals surface area contributed by atoms with E-state index >= 15 is 0 Å². The molecular weight excluding hydrogens is 202 g/mol. The van der Waals surface area contributed by atoms with E-state index in [1.807, 2.05) is 39.8 Å². The fraction of sp³-hybridized carbons (Fsp3) is 0.417. The van der Waals surface area contributed by atoms with Gasteiger partial charge in [0.2, 0.25) is 0 Å². The lowest BCUT2D eigenvalue weighted by Gasteiger charge is -2.04. The van der Waals surface area contributed by atoms with Crippen molar-refractivity contribution < 1.29 is 4.79 Å². The first-order valence-corrected chi connectivity index (χ1v) is 5.37. The molecule has 0 saturated heterocycles. The van der Waals surface area contributed by atoms with Gasteiger partial charge in [-0.3, -0.25) is 4.79 Å². The van der Waals surface area contributed by atoms with Crippen molar-refractivity contribution in [2.45, 2.75) is 27.7 Å². The first-order valence-electron chi connectivity index (χ1n) is 5.37. The Morgan fingerprint density at radius 3 is 2.50 bits per heavy atom. The third kappa shape index (κ3) is 1.60. The van der Waals surface area contributed by atoms with Crippen LogP contribution in [-0.4, -0.2) is 20.9 Å². The van der Waals surface area contributed by atoms with Gasteiger partial charge in [-0.05, 0) is 37.1 Å². The van der Waals surface area contributed by atoms with Gasteiger partial charge in [0.15, 0.2) is 0 Å². The van der Waals surface area contributed by atoms with Crippen LogP contribution in [0, 0.1) is 19.8 Å². The van der Waals surface area contributed by atoms with Gasteiger partial charge in [0.05, 0.1) is 5.52 Å². The Balaban J connectivity index is 2.65. The molecule has 0 bridgehead atoms. The number of aromatic nitrogens is 3. The van der Waals surface area contributed by atoms with Crippen LogP contribution in [0.15, 0.2) is 12.1 Å². The highest BCUT2D eigenvalue weighted by molar-refractivity contribution is 5.90. The smallest absolute Gasteiger partial charge is 0.251 e. The normalized spacial score (nSPS) is 11.3. The molecule has 2 aromatic rings. The van der Waals surface area contributed by atoms with Crippen LogP contribution in [0.5, 0.6) is 0 Å². The van der Waals surface area contributed by atoms with E-state index in [1.54, 1.807) is 0 Å². The van der Waals surface area contributed by atoms with Crippen LogP contribution >= 0.6 is 0 Å². The number of carbonyl (C=O) groups is 1. The van der Waals surface area contributed by atoms with E-state index in [2.05, 4.69) is 10.3 Å². The predicted octanol–water partition coefficient (Wildman–Crippen LogP) is 2.34. The standard InChI is InChI=1S/C12H15N3O/c1-7(2)12(16)15-11-6-9(4)8(3)5-10(11)13-14-15/h5-7H,1-4H3. The van der Waals surface area contributed by atoms with E-state index < -0.39 is 0 Å². The number of carbonyl (C=O) groups excluding carboxylic acids is 1. The van der Waals surface area contributed by atoms with Crippen molar-refractivity contribution in [3.8, 4) is 0 Å². The Labute approximate surface area is 94.3 Å². The molecule has 0 unspecified atom stereocenters. The van der Waals surface area contributed by atoms with E-state index in [1.165, 1.54) is 4.68 Å². The molecule has 1 heterocycles. The Morgan fingerprint density at radius 2 is 1.88 bits per heavy atom. The molecule has 2 rings (SSSR count). The highest BCUT2D eigenvalue weighted by Gasteiger charge is 2.15. The number of aryl methyl sites for hydroxylation is 2. The summed E-state index contributed by atoms with van der Waals surface area (Å²) in [6.45, 7) is 7.76. The highest BCUT2D eigenvalue weighted by Crippen LogP contribution is 2.17. The van der Waals surface area contributed by atoms with Crippen LogP contribution in [0.2, 0.25) is 0 Å². The maximum Gasteiger partial charge on any atom is 0.251 e. The van der Waals surface area contributed by atoms with Gasteiger partial charge in [0, 0.05) is 5.92 Å².